The number of methoxy groups -OCH3 is 1. The topological polar surface area (TPSA) is 48.0 Å². The van der Waals surface area contributed by atoms with E-state index in [2.05, 4.69) is 59.8 Å². The predicted molar refractivity (Wildman–Crippen MR) is 110 cm³/mol. The van der Waals surface area contributed by atoms with Crippen LogP contribution < -0.4 is 0 Å². The molecule has 1 fully saturated rings. The fourth-order valence-electron chi connectivity index (χ4n) is 3.12. The van der Waals surface area contributed by atoms with Crippen LogP contribution in [0.3, 0.4) is 0 Å². The van der Waals surface area contributed by atoms with E-state index in [-0.39, 0.29) is 29.4 Å². The molecule has 1 aliphatic rings. The molecule has 2 atom stereocenters. The molecular formula is C21H35NO4Si. The monoisotopic (exact) mass is 393 g/mol. The lowest BCUT2D eigenvalue weighted by molar-refractivity contribution is -0.410. The van der Waals surface area contributed by atoms with Crippen molar-refractivity contribution in [3.8, 4) is 0 Å². The van der Waals surface area contributed by atoms with Gasteiger partial charge in [-0.1, -0.05) is 56.3 Å². The van der Waals surface area contributed by atoms with Crippen molar-refractivity contribution < 1.29 is 18.9 Å². The first-order valence-corrected chi connectivity index (χ1v) is 12.6. The molecule has 0 radical (unpaired) electrons. The van der Waals surface area contributed by atoms with Gasteiger partial charge in [-0.25, -0.2) is 0 Å². The van der Waals surface area contributed by atoms with Gasteiger partial charge in [-0.2, -0.15) is 0 Å². The van der Waals surface area contributed by atoms with E-state index in [4.69, 9.17) is 14.1 Å². The molecule has 0 amide bonds. The van der Waals surface area contributed by atoms with E-state index in [9.17, 15) is 4.79 Å². The molecule has 152 valence electrons. The maximum Gasteiger partial charge on any atom is 0.307 e. The Morgan fingerprint density at radius 1 is 1.26 bits per heavy atom. The van der Waals surface area contributed by atoms with Gasteiger partial charge in [-0.3, -0.25) is 9.63 Å². The van der Waals surface area contributed by atoms with Crippen molar-refractivity contribution >= 4 is 14.3 Å². The van der Waals surface area contributed by atoms with Crippen molar-refractivity contribution in [1.82, 2.24) is 5.23 Å². The summed E-state index contributed by atoms with van der Waals surface area (Å²) in [6, 6.07) is 10.1. The van der Waals surface area contributed by atoms with E-state index >= 15 is 0 Å². The van der Waals surface area contributed by atoms with Crippen LogP contribution in [-0.4, -0.2) is 38.3 Å². The van der Waals surface area contributed by atoms with Crippen LogP contribution in [0.2, 0.25) is 18.1 Å². The highest BCUT2D eigenvalue weighted by Crippen LogP contribution is 2.44. The van der Waals surface area contributed by atoms with Crippen LogP contribution in [0.1, 0.15) is 58.9 Å². The summed E-state index contributed by atoms with van der Waals surface area (Å²) < 4.78 is 11.5. The zero-order valence-corrected chi connectivity index (χ0v) is 19.0. The molecule has 0 bridgehead atoms. The maximum atomic E-state index is 12.2. The fraction of sp³-hybridized carbons (Fsp3) is 0.667. The van der Waals surface area contributed by atoms with Crippen molar-refractivity contribution in [2.24, 2.45) is 0 Å². The van der Waals surface area contributed by atoms with Crippen LogP contribution >= 0.6 is 0 Å². The molecule has 1 heterocycles. The Kier molecular flexibility index (Phi) is 6.57. The SMILES string of the molecule is COC(=O)C[C@@H]1[C@H](c2ccccc2)CC(C)(C)ON1O[Si](C)(C)C(C)(C)C. The van der Waals surface area contributed by atoms with Gasteiger partial charge in [0.2, 0.25) is 8.32 Å². The van der Waals surface area contributed by atoms with Crippen molar-refractivity contribution in [2.45, 2.75) is 83.2 Å². The highest BCUT2D eigenvalue weighted by molar-refractivity contribution is 6.74. The van der Waals surface area contributed by atoms with Crippen molar-refractivity contribution in [3.05, 3.63) is 35.9 Å². The number of nitrogens with zero attached hydrogens (tertiary/aromatic N) is 1. The van der Waals surface area contributed by atoms with Gasteiger partial charge in [0.05, 0.1) is 25.2 Å². The average molecular weight is 394 g/mol. The second-order valence-electron chi connectivity index (χ2n) is 9.56. The van der Waals surface area contributed by atoms with Crippen LogP contribution in [0.15, 0.2) is 30.3 Å². The molecule has 5 nitrogen and oxygen atoms in total. The summed E-state index contributed by atoms with van der Waals surface area (Å²) >= 11 is 0. The molecule has 1 aliphatic heterocycles. The minimum absolute atomic E-state index is 0.0238. The summed E-state index contributed by atoms with van der Waals surface area (Å²) in [6.07, 6.45) is 1.02. The minimum atomic E-state index is -2.14. The van der Waals surface area contributed by atoms with Crippen LogP contribution in [0.5, 0.6) is 0 Å². The molecule has 27 heavy (non-hydrogen) atoms. The molecule has 0 N–H and O–H groups in total. The average Bonchev–Trinajstić information content (AvgIpc) is 2.55. The zero-order chi connectivity index (χ0) is 20.5. The van der Waals surface area contributed by atoms with Crippen molar-refractivity contribution in [3.63, 3.8) is 0 Å². The van der Waals surface area contributed by atoms with Gasteiger partial charge in [0.25, 0.3) is 0 Å². The third-order valence-electron chi connectivity index (χ3n) is 5.74. The van der Waals surface area contributed by atoms with E-state index < -0.39 is 13.9 Å². The summed E-state index contributed by atoms with van der Waals surface area (Å²) in [6.45, 7) is 15.1. The highest BCUT2D eigenvalue weighted by Gasteiger charge is 2.48. The number of esters is 1. The van der Waals surface area contributed by atoms with Gasteiger partial charge in [-0.05, 0) is 44.0 Å². The first-order valence-electron chi connectivity index (χ1n) is 9.65. The Balaban J connectivity index is 2.42. The van der Waals surface area contributed by atoms with Crippen LogP contribution in [0.4, 0.5) is 0 Å². The molecule has 1 aromatic rings. The number of carbonyl (C=O) groups is 1. The van der Waals surface area contributed by atoms with Gasteiger partial charge < -0.3 is 9.26 Å². The normalized spacial score (nSPS) is 23.9. The third-order valence-corrected chi connectivity index (χ3v) is 9.99. The smallest absolute Gasteiger partial charge is 0.307 e. The zero-order valence-electron chi connectivity index (χ0n) is 18.0. The summed E-state index contributed by atoms with van der Waals surface area (Å²) in [5, 5.41) is 1.66. The predicted octanol–water partition coefficient (Wildman–Crippen LogP) is 5.05. The number of hydrogen-bond donors (Lipinski definition) is 0. The number of carbonyl (C=O) groups excluding carboxylic acids is 1. The number of hydrogen-bond acceptors (Lipinski definition) is 5. The van der Waals surface area contributed by atoms with Crippen molar-refractivity contribution in [1.29, 1.82) is 0 Å². The largest absolute Gasteiger partial charge is 0.469 e. The minimum Gasteiger partial charge on any atom is -0.469 e. The Hall–Kier alpha value is -1.21. The van der Waals surface area contributed by atoms with Gasteiger partial charge in [-0.15, -0.1) is 0 Å². The number of hydroxylamine groups is 2. The summed E-state index contributed by atoms with van der Waals surface area (Å²) in [7, 11) is -0.716. The lowest BCUT2D eigenvalue weighted by Gasteiger charge is -2.50. The molecule has 0 aliphatic carbocycles. The van der Waals surface area contributed by atoms with E-state index in [1.165, 1.54) is 12.7 Å². The Morgan fingerprint density at radius 2 is 1.85 bits per heavy atom. The third kappa shape index (κ3) is 5.41. The first kappa shape index (κ1) is 22.1. The highest BCUT2D eigenvalue weighted by atomic mass is 28.4. The quantitative estimate of drug-likeness (QED) is 0.517. The molecule has 0 unspecified atom stereocenters. The van der Waals surface area contributed by atoms with Crippen LogP contribution in [0, 0.1) is 0 Å². The number of benzene rings is 1. The molecule has 0 saturated carbocycles. The van der Waals surface area contributed by atoms with E-state index in [0.29, 0.717) is 0 Å². The van der Waals surface area contributed by atoms with E-state index in [0.717, 1.165) is 6.42 Å². The Morgan fingerprint density at radius 3 is 2.37 bits per heavy atom. The second kappa shape index (κ2) is 8.03. The summed E-state index contributed by atoms with van der Waals surface area (Å²) in [4.78, 5) is 18.4. The fourth-order valence-corrected chi connectivity index (χ4v) is 4.02. The molecular weight excluding hydrogens is 358 g/mol. The molecule has 0 aromatic heterocycles. The summed E-state index contributed by atoms with van der Waals surface area (Å²) in [5.74, 6) is -0.146. The molecule has 6 heteroatoms. The van der Waals surface area contributed by atoms with Crippen LogP contribution in [-0.2, 0) is 18.9 Å². The molecule has 1 saturated heterocycles. The number of rotatable bonds is 5. The Labute approximate surface area is 165 Å². The maximum absolute atomic E-state index is 12.2. The second-order valence-corrected chi connectivity index (χ2v) is 14.3. The molecule has 2 rings (SSSR count). The molecule has 1 aromatic carbocycles. The lowest BCUT2D eigenvalue weighted by atomic mass is 9.80. The van der Waals surface area contributed by atoms with Gasteiger partial charge in [0, 0.05) is 5.92 Å². The van der Waals surface area contributed by atoms with Gasteiger partial charge in [0.1, 0.15) is 0 Å². The van der Waals surface area contributed by atoms with Gasteiger partial charge >= 0.3 is 5.97 Å². The Bertz CT molecular complexity index is 639. The first-order chi connectivity index (χ1) is 12.4. The number of ether oxygens (including phenoxy) is 1. The van der Waals surface area contributed by atoms with Gasteiger partial charge in [0.15, 0.2) is 0 Å². The lowest BCUT2D eigenvalue weighted by Crippen LogP contribution is -2.57. The molecule has 0 spiro atoms. The standard InChI is InChI=1S/C21H35NO4Si/c1-20(2,3)27(7,8)26-22-18(14-19(23)24-6)17(15-21(4,5)25-22)16-12-10-9-11-13-16/h9-13,17-18H,14-15H2,1-8H3/t17-,18+/m0/s1. The van der Waals surface area contributed by atoms with Crippen LogP contribution in [0.25, 0.3) is 0 Å². The van der Waals surface area contributed by atoms with E-state index in [1.807, 2.05) is 18.2 Å². The van der Waals surface area contributed by atoms with Crippen molar-refractivity contribution in [2.75, 3.05) is 7.11 Å². The summed E-state index contributed by atoms with van der Waals surface area (Å²) in [5.41, 5.74) is 0.793. The van der Waals surface area contributed by atoms with E-state index in [1.54, 1.807) is 5.23 Å².